The lowest BCUT2D eigenvalue weighted by atomic mass is 9.91. The van der Waals surface area contributed by atoms with E-state index in [9.17, 15) is 4.79 Å². The van der Waals surface area contributed by atoms with Crippen molar-refractivity contribution in [3.8, 4) is 0 Å². The third-order valence-corrected chi connectivity index (χ3v) is 5.32. The Labute approximate surface area is 118 Å². The number of carboxylic acids is 1. The zero-order chi connectivity index (χ0) is 13.2. The summed E-state index contributed by atoms with van der Waals surface area (Å²) in [5.41, 5.74) is 1.21. The van der Waals surface area contributed by atoms with Crippen molar-refractivity contribution in [1.82, 2.24) is 0 Å². The summed E-state index contributed by atoms with van der Waals surface area (Å²) in [7, 11) is 0. The number of benzene rings is 1. The standard InChI is InChI=1S/C16H20O2S/c17-16(18)9-15(12-3-4-12)13-5-7-14(8-6-13)19-10-11-1-2-11/h5-8,11-12,15H,1-4,9-10H2,(H,17,18). The molecule has 2 nitrogen and oxygen atoms in total. The van der Waals surface area contributed by atoms with Crippen molar-refractivity contribution in [1.29, 1.82) is 0 Å². The van der Waals surface area contributed by atoms with Crippen molar-refractivity contribution in [3.63, 3.8) is 0 Å². The predicted octanol–water partition coefficient (Wildman–Crippen LogP) is 4.16. The molecule has 2 aliphatic carbocycles. The average Bonchev–Trinajstić information content (AvgIpc) is 3.28. The summed E-state index contributed by atoms with van der Waals surface area (Å²) in [4.78, 5) is 12.3. The normalized spacial score (nSPS) is 20.2. The summed E-state index contributed by atoms with van der Waals surface area (Å²) in [6.07, 6.45) is 5.45. The molecule has 0 bridgehead atoms. The van der Waals surface area contributed by atoms with Crippen LogP contribution in [0.25, 0.3) is 0 Å². The minimum atomic E-state index is -0.677. The first-order valence-electron chi connectivity index (χ1n) is 7.17. The monoisotopic (exact) mass is 276 g/mol. The molecule has 0 aliphatic heterocycles. The Kier molecular flexibility index (Phi) is 3.83. The van der Waals surface area contributed by atoms with Gasteiger partial charge in [0.25, 0.3) is 0 Å². The van der Waals surface area contributed by atoms with Crippen molar-refractivity contribution in [2.75, 3.05) is 5.75 Å². The van der Waals surface area contributed by atoms with E-state index in [1.54, 1.807) is 0 Å². The molecule has 0 saturated heterocycles. The summed E-state index contributed by atoms with van der Waals surface area (Å²) in [5, 5.41) is 9.02. The third kappa shape index (κ3) is 3.75. The van der Waals surface area contributed by atoms with Gasteiger partial charge < -0.3 is 5.11 Å². The lowest BCUT2D eigenvalue weighted by molar-refractivity contribution is -0.137. The molecule has 1 N–H and O–H groups in total. The summed E-state index contributed by atoms with van der Waals surface area (Å²) in [5.74, 6) is 2.32. The Hall–Kier alpha value is -0.960. The van der Waals surface area contributed by atoms with Gasteiger partial charge in [0.05, 0.1) is 6.42 Å². The Morgan fingerprint density at radius 3 is 2.42 bits per heavy atom. The molecule has 0 radical (unpaired) electrons. The van der Waals surface area contributed by atoms with E-state index in [2.05, 4.69) is 24.3 Å². The fraction of sp³-hybridized carbons (Fsp3) is 0.562. The zero-order valence-corrected chi connectivity index (χ0v) is 11.9. The maximum atomic E-state index is 11.0. The van der Waals surface area contributed by atoms with Crippen LogP contribution in [0, 0.1) is 11.8 Å². The Morgan fingerprint density at radius 1 is 1.21 bits per heavy atom. The first-order chi connectivity index (χ1) is 9.22. The minimum absolute atomic E-state index is 0.222. The number of hydrogen-bond donors (Lipinski definition) is 1. The summed E-state index contributed by atoms with van der Waals surface area (Å²) >= 11 is 1.93. The van der Waals surface area contributed by atoms with Gasteiger partial charge in [-0.25, -0.2) is 0 Å². The van der Waals surface area contributed by atoms with Gasteiger partial charge in [-0.1, -0.05) is 12.1 Å². The highest BCUT2D eigenvalue weighted by molar-refractivity contribution is 7.99. The summed E-state index contributed by atoms with van der Waals surface area (Å²) in [6.45, 7) is 0. The SMILES string of the molecule is O=C(O)CC(c1ccc(SCC2CC2)cc1)C1CC1. The van der Waals surface area contributed by atoms with Crippen LogP contribution in [0.1, 0.15) is 43.6 Å². The summed E-state index contributed by atoms with van der Waals surface area (Å²) < 4.78 is 0. The van der Waals surface area contributed by atoms with Gasteiger partial charge in [0.2, 0.25) is 0 Å². The first-order valence-corrected chi connectivity index (χ1v) is 8.15. The molecule has 3 rings (SSSR count). The number of rotatable bonds is 7. The Balaban J connectivity index is 1.63. The van der Waals surface area contributed by atoms with Crippen molar-refractivity contribution >= 4 is 17.7 Å². The quantitative estimate of drug-likeness (QED) is 0.760. The Morgan fingerprint density at radius 2 is 1.89 bits per heavy atom. The van der Waals surface area contributed by atoms with Crippen LogP contribution in [-0.4, -0.2) is 16.8 Å². The molecule has 0 amide bonds. The molecule has 0 aromatic heterocycles. The number of carbonyl (C=O) groups is 1. The van der Waals surface area contributed by atoms with Crippen LogP contribution < -0.4 is 0 Å². The number of aliphatic carboxylic acids is 1. The van der Waals surface area contributed by atoms with Gasteiger partial charge in [-0.15, -0.1) is 11.8 Å². The molecule has 1 unspecified atom stereocenters. The highest BCUT2D eigenvalue weighted by Crippen LogP contribution is 2.44. The van der Waals surface area contributed by atoms with Crippen molar-refractivity contribution in [3.05, 3.63) is 29.8 Å². The van der Waals surface area contributed by atoms with E-state index in [1.807, 2.05) is 11.8 Å². The lowest BCUT2D eigenvalue weighted by Crippen LogP contribution is -2.08. The maximum Gasteiger partial charge on any atom is 0.303 e. The van der Waals surface area contributed by atoms with E-state index in [4.69, 9.17) is 5.11 Å². The van der Waals surface area contributed by atoms with E-state index in [0.29, 0.717) is 5.92 Å². The largest absolute Gasteiger partial charge is 0.481 e. The highest BCUT2D eigenvalue weighted by Gasteiger charge is 2.33. The third-order valence-electron chi connectivity index (χ3n) is 4.08. The molecule has 1 aromatic rings. The number of hydrogen-bond acceptors (Lipinski definition) is 2. The van der Waals surface area contributed by atoms with E-state index in [1.165, 1.54) is 41.9 Å². The van der Waals surface area contributed by atoms with Crippen LogP contribution in [0.2, 0.25) is 0 Å². The fourth-order valence-corrected chi connectivity index (χ4v) is 3.64. The van der Waals surface area contributed by atoms with Gasteiger partial charge in [0.1, 0.15) is 0 Å². The molecular formula is C16H20O2S. The second-order valence-corrected chi connectivity index (χ2v) is 6.96. The molecule has 2 saturated carbocycles. The topological polar surface area (TPSA) is 37.3 Å². The van der Waals surface area contributed by atoms with Crippen molar-refractivity contribution < 1.29 is 9.90 Å². The molecule has 1 aromatic carbocycles. The van der Waals surface area contributed by atoms with Gasteiger partial charge >= 0.3 is 5.97 Å². The van der Waals surface area contributed by atoms with Crippen LogP contribution in [0.15, 0.2) is 29.2 Å². The first kappa shape index (κ1) is 13.0. The maximum absolute atomic E-state index is 11.0. The van der Waals surface area contributed by atoms with Crippen LogP contribution in [0.3, 0.4) is 0 Å². The van der Waals surface area contributed by atoms with Crippen LogP contribution >= 0.6 is 11.8 Å². The molecule has 2 fully saturated rings. The number of carboxylic acid groups (broad SMARTS) is 1. The van der Waals surface area contributed by atoms with E-state index < -0.39 is 5.97 Å². The van der Waals surface area contributed by atoms with Crippen molar-refractivity contribution in [2.45, 2.75) is 42.9 Å². The van der Waals surface area contributed by atoms with E-state index >= 15 is 0 Å². The smallest absolute Gasteiger partial charge is 0.303 e. The van der Waals surface area contributed by atoms with E-state index in [-0.39, 0.29) is 12.3 Å². The van der Waals surface area contributed by atoms with Gasteiger partial charge in [-0.2, -0.15) is 0 Å². The second kappa shape index (κ2) is 5.58. The van der Waals surface area contributed by atoms with Crippen LogP contribution in [0.4, 0.5) is 0 Å². The molecule has 1 atom stereocenters. The number of thioether (sulfide) groups is 1. The van der Waals surface area contributed by atoms with Gasteiger partial charge in [-0.05, 0) is 61.1 Å². The zero-order valence-electron chi connectivity index (χ0n) is 11.0. The molecule has 2 aliphatic rings. The highest BCUT2D eigenvalue weighted by atomic mass is 32.2. The average molecular weight is 276 g/mol. The molecule has 0 spiro atoms. The van der Waals surface area contributed by atoms with E-state index in [0.717, 1.165) is 5.92 Å². The van der Waals surface area contributed by atoms with Gasteiger partial charge in [0, 0.05) is 10.6 Å². The molecule has 3 heteroatoms. The Bertz CT molecular complexity index is 446. The molecule has 0 heterocycles. The molecule has 102 valence electrons. The van der Waals surface area contributed by atoms with Gasteiger partial charge in [0.15, 0.2) is 0 Å². The predicted molar refractivity (Wildman–Crippen MR) is 77.6 cm³/mol. The van der Waals surface area contributed by atoms with Gasteiger partial charge in [-0.3, -0.25) is 4.79 Å². The van der Waals surface area contributed by atoms with Crippen molar-refractivity contribution in [2.24, 2.45) is 11.8 Å². The second-order valence-electron chi connectivity index (χ2n) is 5.87. The summed E-state index contributed by atoms with van der Waals surface area (Å²) in [6, 6.07) is 8.61. The fourth-order valence-electron chi connectivity index (χ4n) is 2.55. The lowest BCUT2D eigenvalue weighted by Gasteiger charge is -2.14. The van der Waals surface area contributed by atoms with Crippen LogP contribution in [-0.2, 0) is 4.79 Å². The molecular weight excluding hydrogens is 256 g/mol. The van der Waals surface area contributed by atoms with Crippen LogP contribution in [0.5, 0.6) is 0 Å². The minimum Gasteiger partial charge on any atom is -0.481 e. The molecule has 19 heavy (non-hydrogen) atoms.